The molecule has 0 unspecified atom stereocenters. The van der Waals surface area contributed by atoms with Gasteiger partial charge in [-0.25, -0.2) is 0 Å². The predicted octanol–water partition coefficient (Wildman–Crippen LogP) is 3.33. The van der Waals surface area contributed by atoms with Crippen LogP contribution in [-0.2, 0) is 22.1 Å². The number of ether oxygens (including phenoxy) is 1. The highest BCUT2D eigenvalue weighted by atomic mass is 28.4. The monoisotopic (exact) mass is 354 g/mol. The normalized spacial score (nSPS) is 13.7. The molecule has 0 N–H and O–H groups in total. The summed E-state index contributed by atoms with van der Waals surface area (Å²) in [5.74, 6) is 0. The summed E-state index contributed by atoms with van der Waals surface area (Å²) >= 11 is 0. The maximum absolute atomic E-state index is 6.58. The number of rotatable bonds is 12. The van der Waals surface area contributed by atoms with Crippen molar-refractivity contribution < 1.29 is 22.1 Å². The molecular formula is C13H34O5Si3. The lowest BCUT2D eigenvalue weighted by Crippen LogP contribution is -2.48. The summed E-state index contributed by atoms with van der Waals surface area (Å²) in [5.41, 5.74) is 0. The van der Waals surface area contributed by atoms with Crippen LogP contribution < -0.4 is 0 Å². The van der Waals surface area contributed by atoms with Gasteiger partial charge in [0, 0.05) is 41.1 Å². The Morgan fingerprint density at radius 3 is 1.57 bits per heavy atom. The molecule has 0 aromatic heterocycles. The second-order valence-electron chi connectivity index (χ2n) is 6.51. The summed E-state index contributed by atoms with van der Waals surface area (Å²) in [5, 5.41) is 0. The molecule has 0 aliphatic carbocycles. The van der Waals surface area contributed by atoms with Gasteiger partial charge in [0.2, 0.25) is 0 Å². The van der Waals surface area contributed by atoms with Crippen molar-refractivity contribution in [1.29, 1.82) is 0 Å². The van der Waals surface area contributed by atoms with Gasteiger partial charge in [0.1, 0.15) is 0 Å². The van der Waals surface area contributed by atoms with Crippen LogP contribution in [0.25, 0.3) is 0 Å². The van der Waals surface area contributed by atoms with Crippen molar-refractivity contribution in [3.8, 4) is 0 Å². The summed E-state index contributed by atoms with van der Waals surface area (Å²) in [6, 6.07) is 2.95. The maximum atomic E-state index is 6.58. The van der Waals surface area contributed by atoms with Gasteiger partial charge in [0.25, 0.3) is 0 Å². The molecule has 0 aliphatic heterocycles. The SMILES string of the molecule is COCCC[Si](C)(C)O[Si](C)(C)CC[Si](OC)(OC)OC. The maximum Gasteiger partial charge on any atom is 0.499 e. The Morgan fingerprint density at radius 2 is 1.14 bits per heavy atom. The molecule has 0 amide bonds. The largest absolute Gasteiger partial charge is 0.499 e. The Balaban J connectivity index is 4.47. The third-order valence-corrected chi connectivity index (χ3v) is 14.3. The Labute approximate surface area is 133 Å². The molecule has 21 heavy (non-hydrogen) atoms. The van der Waals surface area contributed by atoms with Crippen molar-refractivity contribution >= 4 is 25.4 Å². The van der Waals surface area contributed by atoms with Crippen molar-refractivity contribution in [2.45, 2.75) is 50.7 Å². The Morgan fingerprint density at radius 1 is 0.667 bits per heavy atom. The van der Waals surface area contributed by atoms with E-state index in [-0.39, 0.29) is 0 Å². The van der Waals surface area contributed by atoms with E-state index >= 15 is 0 Å². The molecule has 0 bridgehead atoms. The summed E-state index contributed by atoms with van der Waals surface area (Å²) in [6.07, 6.45) is 1.08. The molecule has 0 atom stereocenters. The Hall–Kier alpha value is 0.451. The van der Waals surface area contributed by atoms with Gasteiger partial charge < -0.3 is 22.1 Å². The first-order valence-corrected chi connectivity index (χ1v) is 15.7. The third-order valence-electron chi connectivity index (χ3n) is 3.65. The van der Waals surface area contributed by atoms with Crippen molar-refractivity contribution in [3.63, 3.8) is 0 Å². The lowest BCUT2D eigenvalue weighted by molar-refractivity contribution is 0.125. The van der Waals surface area contributed by atoms with Crippen LogP contribution in [0.1, 0.15) is 6.42 Å². The topological polar surface area (TPSA) is 46.2 Å². The van der Waals surface area contributed by atoms with Gasteiger partial charge in [0.05, 0.1) is 0 Å². The van der Waals surface area contributed by atoms with Gasteiger partial charge in [-0.1, -0.05) is 0 Å². The molecule has 8 heteroatoms. The molecule has 0 saturated carbocycles. The highest BCUT2D eigenvalue weighted by Crippen LogP contribution is 2.27. The van der Waals surface area contributed by atoms with Crippen LogP contribution in [0.4, 0.5) is 0 Å². The van der Waals surface area contributed by atoms with Gasteiger partial charge in [-0.15, -0.1) is 0 Å². The highest BCUT2D eigenvalue weighted by Gasteiger charge is 2.41. The van der Waals surface area contributed by atoms with Gasteiger partial charge in [-0.2, -0.15) is 0 Å². The molecule has 5 nitrogen and oxygen atoms in total. The van der Waals surface area contributed by atoms with Gasteiger partial charge >= 0.3 is 8.80 Å². The predicted molar refractivity (Wildman–Crippen MR) is 93.7 cm³/mol. The van der Waals surface area contributed by atoms with E-state index in [1.807, 2.05) is 0 Å². The second kappa shape index (κ2) is 9.56. The van der Waals surface area contributed by atoms with E-state index in [9.17, 15) is 0 Å². The van der Waals surface area contributed by atoms with E-state index in [1.165, 1.54) is 0 Å². The smallest absolute Gasteiger partial charge is 0.456 e. The zero-order valence-electron chi connectivity index (χ0n) is 15.1. The molecule has 0 fully saturated rings. The van der Waals surface area contributed by atoms with E-state index in [4.69, 9.17) is 22.1 Å². The molecule has 0 saturated heterocycles. The molecule has 128 valence electrons. The minimum atomic E-state index is -2.48. The van der Waals surface area contributed by atoms with Crippen molar-refractivity contribution in [1.82, 2.24) is 0 Å². The first-order chi connectivity index (χ1) is 9.66. The molecule has 0 aromatic rings. The minimum Gasteiger partial charge on any atom is -0.456 e. The van der Waals surface area contributed by atoms with Crippen LogP contribution >= 0.6 is 0 Å². The lowest BCUT2D eigenvalue weighted by Gasteiger charge is -2.35. The van der Waals surface area contributed by atoms with Crippen LogP contribution in [-0.4, -0.2) is 60.5 Å². The summed E-state index contributed by atoms with van der Waals surface area (Å²) in [7, 11) is 0.889. The van der Waals surface area contributed by atoms with E-state index in [0.717, 1.165) is 31.2 Å². The number of hydrogen-bond donors (Lipinski definition) is 0. The molecule has 0 aromatic carbocycles. The molecule has 0 spiro atoms. The van der Waals surface area contributed by atoms with E-state index in [2.05, 4.69) is 26.2 Å². The zero-order chi connectivity index (χ0) is 16.6. The minimum absolute atomic E-state index is 0.814. The number of methoxy groups -OCH3 is 1. The Kier molecular flexibility index (Phi) is 9.76. The highest BCUT2D eigenvalue weighted by molar-refractivity contribution is 6.85. The van der Waals surface area contributed by atoms with Crippen molar-refractivity contribution in [2.24, 2.45) is 0 Å². The zero-order valence-corrected chi connectivity index (χ0v) is 18.1. The fraction of sp³-hybridized carbons (Fsp3) is 1.00. The molecular weight excluding hydrogens is 320 g/mol. The van der Waals surface area contributed by atoms with Crippen LogP contribution in [0.2, 0.25) is 44.3 Å². The van der Waals surface area contributed by atoms with Crippen LogP contribution in [0, 0.1) is 0 Å². The van der Waals surface area contributed by atoms with Crippen LogP contribution in [0.15, 0.2) is 0 Å². The standard InChI is InChI=1S/C13H34O5Si3/c1-14-10-9-11-19(5,6)18-20(7,8)12-13-21(15-2,16-3)17-4/h9-13H2,1-8H3. The van der Waals surface area contributed by atoms with Gasteiger partial charge in [-0.3, -0.25) is 0 Å². The van der Waals surface area contributed by atoms with Gasteiger partial charge in [0.15, 0.2) is 16.6 Å². The van der Waals surface area contributed by atoms with E-state index in [0.29, 0.717) is 0 Å². The lowest BCUT2D eigenvalue weighted by atomic mass is 10.5. The van der Waals surface area contributed by atoms with Crippen molar-refractivity contribution in [2.75, 3.05) is 35.0 Å². The second-order valence-corrected chi connectivity index (χ2v) is 18.5. The first-order valence-electron chi connectivity index (χ1n) is 7.50. The average Bonchev–Trinajstić information content (AvgIpc) is 2.40. The molecule has 0 rings (SSSR count). The summed E-state index contributed by atoms with van der Waals surface area (Å²) in [4.78, 5) is 0. The quantitative estimate of drug-likeness (QED) is 0.397. The molecule has 0 heterocycles. The summed E-state index contributed by atoms with van der Waals surface area (Å²) in [6.45, 7) is 9.96. The van der Waals surface area contributed by atoms with Gasteiger partial charge in [-0.05, 0) is 44.7 Å². The molecule has 0 radical (unpaired) electrons. The van der Waals surface area contributed by atoms with Crippen molar-refractivity contribution in [3.05, 3.63) is 0 Å². The first kappa shape index (κ1) is 21.5. The molecule has 0 aliphatic rings. The average molecular weight is 355 g/mol. The fourth-order valence-electron chi connectivity index (χ4n) is 2.50. The fourth-order valence-corrected chi connectivity index (χ4v) is 15.0. The van der Waals surface area contributed by atoms with Crippen LogP contribution in [0.5, 0.6) is 0 Å². The Bertz CT molecular complexity index is 275. The van der Waals surface area contributed by atoms with E-state index < -0.39 is 25.4 Å². The van der Waals surface area contributed by atoms with E-state index in [1.54, 1.807) is 28.4 Å². The number of hydrogen-bond acceptors (Lipinski definition) is 5. The van der Waals surface area contributed by atoms with Crippen LogP contribution in [0.3, 0.4) is 0 Å². The third kappa shape index (κ3) is 8.60. The summed E-state index contributed by atoms with van der Waals surface area (Å²) < 4.78 is 28.2.